The molecule has 0 atom stereocenters. The highest BCUT2D eigenvalue weighted by Crippen LogP contribution is 2.43. The lowest BCUT2D eigenvalue weighted by Gasteiger charge is -2.14. The molecule has 55 heavy (non-hydrogen) atoms. The third kappa shape index (κ3) is 4.99. The Morgan fingerprint density at radius 3 is 1.69 bits per heavy atom. The molecule has 9 aromatic carbocycles. The number of hydrogen-bond donors (Lipinski definition) is 0. The van der Waals surface area contributed by atoms with Crippen LogP contribution in [0.3, 0.4) is 0 Å². The molecule has 0 fully saturated rings. The summed E-state index contributed by atoms with van der Waals surface area (Å²) in [6.07, 6.45) is 5.97. The summed E-state index contributed by atoms with van der Waals surface area (Å²) in [5, 5.41) is 12.8. The third-order valence-corrected chi connectivity index (χ3v) is 12.6. The van der Waals surface area contributed by atoms with Gasteiger partial charge in [-0.15, -0.1) is 11.3 Å². The van der Waals surface area contributed by atoms with Gasteiger partial charge in [0.25, 0.3) is 0 Å². The topological polar surface area (TPSA) is 4.93 Å². The SMILES string of the molecule is C=C/C=C\c1cc(-c2ccc3sc4ccc(-c5ccc6c(c5)c5ccccc5c5cc7c8ccccc8n(-c8ccccc8)c7cc65)cc4c3c2)ccc1C. The number of aryl methyl sites for hydroxylation is 1. The fourth-order valence-electron chi connectivity index (χ4n) is 8.76. The van der Waals surface area contributed by atoms with E-state index >= 15 is 0 Å². The first kappa shape index (κ1) is 31.8. The number of aromatic nitrogens is 1. The maximum atomic E-state index is 3.85. The van der Waals surface area contributed by atoms with E-state index in [9.17, 15) is 0 Å². The molecule has 0 amide bonds. The molecule has 0 N–H and O–H groups in total. The van der Waals surface area contributed by atoms with E-state index in [2.05, 4.69) is 188 Å². The fraction of sp³-hybridized carbons (Fsp3) is 0.0189. The highest BCUT2D eigenvalue weighted by molar-refractivity contribution is 7.25. The zero-order chi connectivity index (χ0) is 36.6. The summed E-state index contributed by atoms with van der Waals surface area (Å²) in [5.41, 5.74) is 11.0. The minimum atomic E-state index is 1.17. The second kappa shape index (κ2) is 12.4. The predicted molar refractivity (Wildman–Crippen MR) is 241 cm³/mol. The first-order valence-electron chi connectivity index (χ1n) is 18.9. The van der Waals surface area contributed by atoms with Crippen LogP contribution in [0.15, 0.2) is 183 Å². The molecule has 0 saturated carbocycles. The Kier molecular flexibility index (Phi) is 7.17. The molecule has 0 unspecified atom stereocenters. The number of rotatable bonds is 5. The highest BCUT2D eigenvalue weighted by atomic mass is 32.1. The normalized spacial score (nSPS) is 12.1. The van der Waals surface area contributed by atoms with Crippen molar-refractivity contribution in [3.05, 3.63) is 194 Å². The number of para-hydroxylation sites is 2. The van der Waals surface area contributed by atoms with Crippen molar-refractivity contribution in [2.45, 2.75) is 6.92 Å². The summed E-state index contributed by atoms with van der Waals surface area (Å²) in [5.74, 6) is 0. The number of benzene rings is 9. The van der Waals surface area contributed by atoms with E-state index in [-0.39, 0.29) is 0 Å². The average molecular weight is 718 g/mol. The monoisotopic (exact) mass is 717 g/mol. The quantitative estimate of drug-likeness (QED) is 0.123. The summed E-state index contributed by atoms with van der Waals surface area (Å²) in [6, 6.07) is 61.1. The van der Waals surface area contributed by atoms with Gasteiger partial charge in [-0.25, -0.2) is 0 Å². The summed E-state index contributed by atoms with van der Waals surface area (Å²) in [6.45, 7) is 6.01. The smallest absolute Gasteiger partial charge is 0.0547 e. The van der Waals surface area contributed by atoms with Crippen molar-refractivity contribution < 1.29 is 0 Å². The summed E-state index contributed by atoms with van der Waals surface area (Å²) < 4.78 is 5.04. The lowest BCUT2D eigenvalue weighted by molar-refractivity contribution is 1.18. The Balaban J connectivity index is 1.10. The van der Waals surface area contributed by atoms with Gasteiger partial charge in [0.05, 0.1) is 11.0 Å². The minimum absolute atomic E-state index is 1.17. The first-order valence-corrected chi connectivity index (χ1v) is 19.7. The predicted octanol–water partition coefficient (Wildman–Crippen LogP) is 15.5. The number of hydrogen-bond acceptors (Lipinski definition) is 1. The van der Waals surface area contributed by atoms with E-state index in [4.69, 9.17) is 0 Å². The van der Waals surface area contributed by atoms with Gasteiger partial charge in [0.15, 0.2) is 0 Å². The standard InChI is InChI=1S/C53H35NS/c1-3-4-12-34-27-35(20-19-33(34)2)37-22-25-52-48(29-37)49-30-38(23-26-53(49)55-52)36-21-24-42-44(28-36)40-15-8-9-16-41(40)45-31-47-43-17-10-11-18-50(43)54(51(47)32-46(42)45)39-13-6-5-7-14-39/h3-32H,1H2,2H3/b12-4-. The van der Waals surface area contributed by atoms with Crippen LogP contribution < -0.4 is 0 Å². The summed E-state index contributed by atoms with van der Waals surface area (Å²) >= 11 is 1.87. The number of thiophene rings is 1. The number of fused-ring (bicyclic) bond motifs is 12. The van der Waals surface area contributed by atoms with Gasteiger partial charge in [-0.1, -0.05) is 122 Å². The largest absolute Gasteiger partial charge is 0.309 e. The third-order valence-electron chi connectivity index (χ3n) is 11.5. The lowest BCUT2D eigenvalue weighted by atomic mass is 9.91. The Bertz CT molecular complexity index is 3390. The molecular formula is C53H35NS. The lowest BCUT2D eigenvalue weighted by Crippen LogP contribution is -1.93. The van der Waals surface area contributed by atoms with Gasteiger partial charge in [0, 0.05) is 36.6 Å². The Labute approximate surface area is 323 Å². The van der Waals surface area contributed by atoms with Crippen molar-refractivity contribution in [2.24, 2.45) is 0 Å². The van der Waals surface area contributed by atoms with Crippen LogP contribution in [0.1, 0.15) is 11.1 Å². The molecule has 0 aliphatic rings. The van der Waals surface area contributed by atoms with Crippen LogP contribution in [0.25, 0.3) is 108 Å². The molecule has 2 heteroatoms. The molecule has 1 nitrogen and oxygen atoms in total. The molecule has 11 rings (SSSR count). The van der Waals surface area contributed by atoms with E-state index < -0.39 is 0 Å². The second-order valence-corrected chi connectivity index (χ2v) is 15.7. The van der Waals surface area contributed by atoms with E-state index in [1.54, 1.807) is 0 Å². The van der Waals surface area contributed by atoms with E-state index in [0.717, 1.165) is 0 Å². The van der Waals surface area contributed by atoms with E-state index in [1.165, 1.54) is 113 Å². The van der Waals surface area contributed by atoms with Crippen LogP contribution in [-0.2, 0) is 0 Å². The molecule has 2 aromatic heterocycles. The van der Waals surface area contributed by atoms with Crippen molar-refractivity contribution in [3.8, 4) is 27.9 Å². The second-order valence-electron chi connectivity index (χ2n) is 14.6. The van der Waals surface area contributed by atoms with E-state index in [0.29, 0.717) is 0 Å². The van der Waals surface area contributed by atoms with Crippen LogP contribution in [0, 0.1) is 6.92 Å². The molecule has 0 spiro atoms. The van der Waals surface area contributed by atoms with Gasteiger partial charge in [-0.3, -0.25) is 0 Å². The number of allylic oxidation sites excluding steroid dienone is 2. The van der Waals surface area contributed by atoms with Gasteiger partial charge in [0.2, 0.25) is 0 Å². The van der Waals surface area contributed by atoms with E-state index in [1.807, 2.05) is 23.5 Å². The highest BCUT2D eigenvalue weighted by Gasteiger charge is 2.17. The van der Waals surface area contributed by atoms with Gasteiger partial charge < -0.3 is 4.57 Å². The molecule has 0 radical (unpaired) electrons. The molecule has 0 aliphatic heterocycles. The Morgan fingerprint density at radius 2 is 0.982 bits per heavy atom. The zero-order valence-electron chi connectivity index (χ0n) is 30.4. The Hall–Kier alpha value is -6.74. The van der Waals surface area contributed by atoms with Crippen molar-refractivity contribution in [2.75, 3.05) is 0 Å². The molecule has 0 bridgehead atoms. The molecule has 11 aromatic rings. The molecule has 0 saturated heterocycles. The summed E-state index contributed by atoms with van der Waals surface area (Å²) in [4.78, 5) is 0. The average Bonchev–Trinajstić information content (AvgIpc) is 3.77. The van der Waals surface area contributed by atoms with Gasteiger partial charge in [-0.05, 0) is 139 Å². The first-order chi connectivity index (χ1) is 27.1. The zero-order valence-corrected chi connectivity index (χ0v) is 31.2. The molecule has 258 valence electrons. The van der Waals surface area contributed by atoms with Crippen LogP contribution in [0.2, 0.25) is 0 Å². The van der Waals surface area contributed by atoms with Crippen LogP contribution in [-0.4, -0.2) is 4.57 Å². The Morgan fingerprint density at radius 1 is 0.436 bits per heavy atom. The maximum absolute atomic E-state index is 3.85. The molecule has 0 aliphatic carbocycles. The molecule has 2 heterocycles. The minimum Gasteiger partial charge on any atom is -0.309 e. The fourth-order valence-corrected chi connectivity index (χ4v) is 9.82. The van der Waals surface area contributed by atoms with Gasteiger partial charge in [-0.2, -0.15) is 0 Å². The van der Waals surface area contributed by atoms with Crippen molar-refractivity contribution in [1.82, 2.24) is 4.57 Å². The van der Waals surface area contributed by atoms with Crippen molar-refractivity contribution in [3.63, 3.8) is 0 Å². The maximum Gasteiger partial charge on any atom is 0.0547 e. The van der Waals surface area contributed by atoms with Gasteiger partial charge in [0.1, 0.15) is 0 Å². The number of nitrogens with zero attached hydrogens (tertiary/aromatic N) is 1. The van der Waals surface area contributed by atoms with Crippen molar-refractivity contribution in [1.29, 1.82) is 0 Å². The van der Waals surface area contributed by atoms with Crippen LogP contribution in [0.5, 0.6) is 0 Å². The van der Waals surface area contributed by atoms with Gasteiger partial charge >= 0.3 is 0 Å². The van der Waals surface area contributed by atoms with Crippen molar-refractivity contribution >= 4 is 91.7 Å². The van der Waals surface area contributed by atoms with Crippen LogP contribution in [0.4, 0.5) is 0 Å². The molecular weight excluding hydrogens is 683 g/mol. The summed E-state index contributed by atoms with van der Waals surface area (Å²) in [7, 11) is 0. The van der Waals surface area contributed by atoms with Crippen LogP contribution >= 0.6 is 11.3 Å².